The van der Waals surface area contributed by atoms with Crippen LogP contribution in [0.5, 0.6) is 0 Å². The van der Waals surface area contributed by atoms with Crippen LogP contribution >= 0.6 is 0 Å². The summed E-state index contributed by atoms with van der Waals surface area (Å²) in [5.74, 6) is 1.89. The second-order valence-corrected chi connectivity index (χ2v) is 5.37. The highest BCUT2D eigenvalue weighted by atomic mass is 15.2. The lowest BCUT2D eigenvalue weighted by Crippen LogP contribution is -2.39. The zero-order valence-electron chi connectivity index (χ0n) is 10.4. The number of piperidine rings is 1. The lowest BCUT2D eigenvalue weighted by Gasteiger charge is -2.36. The normalized spacial score (nSPS) is 22.9. The monoisotopic (exact) mass is 197 g/mol. The van der Waals surface area contributed by atoms with Gasteiger partial charge in [0.15, 0.2) is 0 Å². The van der Waals surface area contributed by atoms with Crippen LogP contribution < -0.4 is 0 Å². The van der Waals surface area contributed by atoms with Gasteiger partial charge in [0.05, 0.1) is 0 Å². The molecule has 1 saturated heterocycles. The summed E-state index contributed by atoms with van der Waals surface area (Å²) in [6.45, 7) is 12.0. The molecule has 1 aliphatic heterocycles. The first kappa shape index (κ1) is 12.0. The SMILES string of the molecule is CCC(C)N1CCC(CC(C)C)CC1. The Morgan fingerprint density at radius 2 is 1.71 bits per heavy atom. The van der Waals surface area contributed by atoms with Crippen LogP contribution in [0.4, 0.5) is 0 Å². The van der Waals surface area contributed by atoms with Gasteiger partial charge in [0.25, 0.3) is 0 Å². The van der Waals surface area contributed by atoms with E-state index in [9.17, 15) is 0 Å². The number of hydrogen-bond acceptors (Lipinski definition) is 1. The van der Waals surface area contributed by atoms with Crippen molar-refractivity contribution in [1.82, 2.24) is 4.90 Å². The lowest BCUT2D eigenvalue weighted by atomic mass is 9.88. The fourth-order valence-corrected chi connectivity index (χ4v) is 2.55. The molecule has 1 aliphatic rings. The van der Waals surface area contributed by atoms with Crippen LogP contribution in [0.25, 0.3) is 0 Å². The fraction of sp³-hybridized carbons (Fsp3) is 1.00. The maximum absolute atomic E-state index is 2.66. The average molecular weight is 197 g/mol. The van der Waals surface area contributed by atoms with Crippen LogP contribution in [0.2, 0.25) is 0 Å². The molecule has 0 aromatic rings. The molecule has 0 amide bonds. The van der Waals surface area contributed by atoms with Crippen LogP contribution in [0.1, 0.15) is 53.4 Å². The van der Waals surface area contributed by atoms with Gasteiger partial charge in [-0.1, -0.05) is 20.8 Å². The summed E-state index contributed by atoms with van der Waals surface area (Å²) < 4.78 is 0. The molecule has 1 fully saturated rings. The van der Waals surface area contributed by atoms with Crippen molar-refractivity contribution < 1.29 is 0 Å². The van der Waals surface area contributed by atoms with E-state index >= 15 is 0 Å². The Morgan fingerprint density at radius 3 is 2.14 bits per heavy atom. The Morgan fingerprint density at radius 1 is 1.14 bits per heavy atom. The van der Waals surface area contributed by atoms with Crippen LogP contribution in [0, 0.1) is 11.8 Å². The third-order valence-electron chi connectivity index (χ3n) is 3.67. The molecule has 14 heavy (non-hydrogen) atoms. The van der Waals surface area contributed by atoms with Gasteiger partial charge >= 0.3 is 0 Å². The minimum Gasteiger partial charge on any atom is -0.301 e. The van der Waals surface area contributed by atoms with Crippen LogP contribution in [-0.4, -0.2) is 24.0 Å². The molecule has 1 nitrogen and oxygen atoms in total. The zero-order valence-corrected chi connectivity index (χ0v) is 10.4. The first-order chi connectivity index (χ1) is 6.63. The molecule has 1 rings (SSSR count). The first-order valence-electron chi connectivity index (χ1n) is 6.37. The summed E-state index contributed by atoms with van der Waals surface area (Å²) in [6, 6.07) is 0.801. The standard InChI is InChI=1S/C13H27N/c1-5-12(4)14-8-6-13(7-9-14)10-11(2)3/h11-13H,5-10H2,1-4H3. The van der Waals surface area contributed by atoms with Gasteiger partial charge in [0, 0.05) is 6.04 Å². The molecule has 0 spiro atoms. The average Bonchev–Trinajstić information content (AvgIpc) is 2.17. The molecule has 0 radical (unpaired) electrons. The van der Waals surface area contributed by atoms with Gasteiger partial charge in [-0.15, -0.1) is 0 Å². The molecule has 1 atom stereocenters. The maximum Gasteiger partial charge on any atom is 0.00643 e. The smallest absolute Gasteiger partial charge is 0.00643 e. The van der Waals surface area contributed by atoms with Gasteiger partial charge in [-0.25, -0.2) is 0 Å². The fourth-order valence-electron chi connectivity index (χ4n) is 2.55. The molecule has 1 heteroatoms. The van der Waals surface area contributed by atoms with Crippen molar-refractivity contribution in [2.24, 2.45) is 11.8 Å². The summed E-state index contributed by atoms with van der Waals surface area (Å²) in [4.78, 5) is 2.66. The molecule has 0 aromatic heterocycles. The number of likely N-dealkylation sites (tertiary alicyclic amines) is 1. The molecule has 0 bridgehead atoms. The summed E-state index contributed by atoms with van der Waals surface area (Å²) in [5.41, 5.74) is 0. The summed E-state index contributed by atoms with van der Waals surface area (Å²) in [5, 5.41) is 0. The molecular formula is C13H27N. The lowest BCUT2D eigenvalue weighted by molar-refractivity contribution is 0.129. The van der Waals surface area contributed by atoms with Crippen molar-refractivity contribution in [2.45, 2.75) is 59.4 Å². The maximum atomic E-state index is 2.66. The Hall–Kier alpha value is -0.0400. The molecule has 1 heterocycles. The molecule has 0 aromatic carbocycles. The van der Waals surface area contributed by atoms with Gasteiger partial charge < -0.3 is 4.90 Å². The van der Waals surface area contributed by atoms with Crippen molar-refractivity contribution in [3.05, 3.63) is 0 Å². The number of rotatable bonds is 4. The number of nitrogens with zero attached hydrogens (tertiary/aromatic N) is 1. The van der Waals surface area contributed by atoms with Gasteiger partial charge in [-0.2, -0.15) is 0 Å². The Labute approximate surface area is 89.9 Å². The highest BCUT2D eigenvalue weighted by Gasteiger charge is 2.21. The topological polar surface area (TPSA) is 3.24 Å². The van der Waals surface area contributed by atoms with Crippen molar-refractivity contribution in [1.29, 1.82) is 0 Å². The third-order valence-corrected chi connectivity index (χ3v) is 3.67. The van der Waals surface area contributed by atoms with Crippen molar-refractivity contribution in [3.63, 3.8) is 0 Å². The minimum atomic E-state index is 0.801. The summed E-state index contributed by atoms with van der Waals surface area (Å²) in [6.07, 6.45) is 5.61. The number of hydrogen-bond donors (Lipinski definition) is 0. The van der Waals surface area contributed by atoms with E-state index in [1.807, 2.05) is 0 Å². The van der Waals surface area contributed by atoms with E-state index in [-0.39, 0.29) is 0 Å². The highest BCUT2D eigenvalue weighted by molar-refractivity contribution is 4.76. The van der Waals surface area contributed by atoms with Crippen molar-refractivity contribution in [3.8, 4) is 0 Å². The molecule has 84 valence electrons. The van der Waals surface area contributed by atoms with Gasteiger partial charge in [-0.3, -0.25) is 0 Å². The second kappa shape index (κ2) is 5.75. The van der Waals surface area contributed by atoms with Gasteiger partial charge in [-0.05, 0) is 57.5 Å². The quantitative estimate of drug-likeness (QED) is 0.666. The predicted octanol–water partition coefficient (Wildman–Crippen LogP) is 3.54. The van der Waals surface area contributed by atoms with E-state index in [1.54, 1.807) is 0 Å². The zero-order chi connectivity index (χ0) is 10.6. The van der Waals surface area contributed by atoms with Crippen molar-refractivity contribution in [2.75, 3.05) is 13.1 Å². The summed E-state index contributed by atoms with van der Waals surface area (Å²) >= 11 is 0. The largest absolute Gasteiger partial charge is 0.301 e. The second-order valence-electron chi connectivity index (χ2n) is 5.37. The molecular weight excluding hydrogens is 170 g/mol. The first-order valence-corrected chi connectivity index (χ1v) is 6.37. The third kappa shape index (κ3) is 3.61. The highest BCUT2D eigenvalue weighted by Crippen LogP contribution is 2.25. The molecule has 0 saturated carbocycles. The Balaban J connectivity index is 2.24. The van der Waals surface area contributed by atoms with E-state index in [1.165, 1.54) is 38.8 Å². The van der Waals surface area contributed by atoms with Crippen LogP contribution in [0.3, 0.4) is 0 Å². The predicted molar refractivity (Wildman–Crippen MR) is 63.5 cm³/mol. The van der Waals surface area contributed by atoms with E-state index in [0.717, 1.165) is 17.9 Å². The van der Waals surface area contributed by atoms with Gasteiger partial charge in [0.1, 0.15) is 0 Å². The van der Waals surface area contributed by atoms with E-state index in [0.29, 0.717) is 0 Å². The van der Waals surface area contributed by atoms with E-state index < -0.39 is 0 Å². The Bertz CT molecular complexity index is 145. The molecule has 0 N–H and O–H groups in total. The van der Waals surface area contributed by atoms with E-state index in [2.05, 4.69) is 32.6 Å². The minimum absolute atomic E-state index is 0.801. The van der Waals surface area contributed by atoms with Crippen LogP contribution in [0.15, 0.2) is 0 Å². The van der Waals surface area contributed by atoms with Crippen molar-refractivity contribution >= 4 is 0 Å². The summed E-state index contributed by atoms with van der Waals surface area (Å²) in [7, 11) is 0. The van der Waals surface area contributed by atoms with Crippen LogP contribution in [-0.2, 0) is 0 Å². The van der Waals surface area contributed by atoms with Gasteiger partial charge in [0.2, 0.25) is 0 Å². The Kier molecular flexibility index (Phi) is 4.94. The molecule has 1 unspecified atom stereocenters. The molecule has 0 aliphatic carbocycles. The van der Waals surface area contributed by atoms with E-state index in [4.69, 9.17) is 0 Å².